The van der Waals surface area contributed by atoms with Gasteiger partial charge in [0.2, 0.25) is 0 Å². The second-order valence-electron chi connectivity index (χ2n) is 4.98. The summed E-state index contributed by atoms with van der Waals surface area (Å²) in [4.78, 5) is 0. The van der Waals surface area contributed by atoms with Crippen LogP contribution in [0.15, 0.2) is 66.2 Å². The minimum atomic E-state index is -3.14. The Morgan fingerprint density at radius 3 is 2.61 bits per heavy atom. The molecule has 0 amide bonds. The molecule has 1 aliphatic rings. The predicted octanol–water partition coefficient (Wildman–Crippen LogP) is 5.23. The molecular weight excluding hydrogens is 331 g/mol. The fourth-order valence-corrected chi connectivity index (χ4v) is 4.57. The lowest BCUT2D eigenvalue weighted by molar-refractivity contribution is 0.342. The van der Waals surface area contributed by atoms with Crippen molar-refractivity contribution in [1.29, 1.82) is 0 Å². The molecule has 0 N–H and O–H groups in total. The third-order valence-corrected chi connectivity index (χ3v) is 6.27. The first kappa shape index (κ1) is 16.1. The molecule has 0 fully saturated rings. The molecule has 1 unspecified atom stereocenters. The molecule has 0 saturated carbocycles. The van der Waals surface area contributed by atoms with Crippen LogP contribution in [0.3, 0.4) is 0 Å². The van der Waals surface area contributed by atoms with Crippen LogP contribution in [0.1, 0.15) is 12.5 Å². The van der Waals surface area contributed by atoms with Crippen molar-refractivity contribution >= 4 is 30.4 Å². The van der Waals surface area contributed by atoms with Crippen molar-refractivity contribution in [3.63, 3.8) is 0 Å². The van der Waals surface area contributed by atoms with E-state index in [0.29, 0.717) is 28.0 Å². The predicted molar refractivity (Wildman–Crippen MR) is 94.5 cm³/mol. The fraction of sp³-hybridized carbons (Fsp3) is 0.111. The molecule has 1 heterocycles. The first-order valence-corrected chi connectivity index (χ1v) is 9.29. The summed E-state index contributed by atoms with van der Waals surface area (Å²) in [5, 5.41) is 1.81. The van der Waals surface area contributed by atoms with Gasteiger partial charge in [0.05, 0.1) is 17.2 Å². The molecule has 0 spiro atoms. The van der Waals surface area contributed by atoms with Crippen molar-refractivity contribution in [2.45, 2.75) is 6.92 Å². The van der Waals surface area contributed by atoms with Crippen LogP contribution in [0.4, 0.5) is 0 Å². The highest BCUT2D eigenvalue weighted by atomic mass is 35.5. The molecule has 118 valence electrons. The molecule has 0 saturated heterocycles. The number of hydrogen-bond acceptors (Lipinski definition) is 3. The summed E-state index contributed by atoms with van der Waals surface area (Å²) >= 11 is 5.88. The molecular formula is C18H16ClO3P. The number of hydrogen-bond donors (Lipinski definition) is 0. The molecule has 2 aromatic rings. The number of fused-ring (bicyclic) bond motifs is 1. The summed E-state index contributed by atoms with van der Waals surface area (Å²) in [6.45, 7) is 2.19. The Kier molecular flexibility index (Phi) is 4.72. The second-order valence-corrected chi connectivity index (χ2v) is 7.78. The first-order valence-electron chi connectivity index (χ1n) is 7.29. The standard InChI is InChI=1S/C18H16ClO3P/c1-2-22-23(20)16(12-9-14-7-10-15(19)11-8-14)13-21-17-5-3-4-6-18(17)23/h3-13H,2H2,1H3/b12-9+. The van der Waals surface area contributed by atoms with Crippen LogP contribution in [-0.2, 0) is 9.09 Å². The summed E-state index contributed by atoms with van der Waals surface area (Å²) in [7, 11) is -3.14. The Labute approximate surface area is 140 Å². The summed E-state index contributed by atoms with van der Waals surface area (Å²) in [5.74, 6) is 0.577. The normalized spacial score (nSPS) is 20.0. The zero-order valence-electron chi connectivity index (χ0n) is 12.6. The largest absolute Gasteiger partial charge is 0.463 e. The van der Waals surface area contributed by atoms with Gasteiger partial charge in [-0.1, -0.05) is 41.9 Å². The molecule has 1 aliphatic heterocycles. The van der Waals surface area contributed by atoms with Crippen LogP contribution in [0, 0.1) is 0 Å². The van der Waals surface area contributed by atoms with Gasteiger partial charge in [0.25, 0.3) is 7.37 Å². The van der Waals surface area contributed by atoms with E-state index >= 15 is 0 Å². The van der Waals surface area contributed by atoms with Crippen molar-refractivity contribution < 1.29 is 13.8 Å². The van der Waals surface area contributed by atoms with Crippen LogP contribution in [-0.4, -0.2) is 6.61 Å². The van der Waals surface area contributed by atoms with E-state index in [4.69, 9.17) is 20.9 Å². The molecule has 0 aliphatic carbocycles. The van der Waals surface area contributed by atoms with E-state index in [9.17, 15) is 4.57 Å². The van der Waals surface area contributed by atoms with Gasteiger partial charge >= 0.3 is 0 Å². The quantitative estimate of drug-likeness (QED) is 0.711. The van der Waals surface area contributed by atoms with Gasteiger partial charge < -0.3 is 9.26 Å². The molecule has 1 atom stereocenters. The lowest BCUT2D eigenvalue weighted by Gasteiger charge is -2.25. The van der Waals surface area contributed by atoms with Gasteiger partial charge in [0.1, 0.15) is 12.0 Å². The number of para-hydroxylation sites is 1. The average molecular weight is 347 g/mol. The highest BCUT2D eigenvalue weighted by molar-refractivity contribution is 7.71. The summed E-state index contributed by atoms with van der Waals surface area (Å²) in [6, 6.07) is 14.7. The van der Waals surface area contributed by atoms with Crippen LogP contribution in [0.2, 0.25) is 5.02 Å². The molecule has 0 bridgehead atoms. The Morgan fingerprint density at radius 1 is 1.13 bits per heavy atom. The van der Waals surface area contributed by atoms with Gasteiger partial charge in [-0.3, -0.25) is 4.57 Å². The van der Waals surface area contributed by atoms with E-state index < -0.39 is 7.37 Å². The van der Waals surface area contributed by atoms with Gasteiger partial charge in [-0.15, -0.1) is 0 Å². The molecule has 23 heavy (non-hydrogen) atoms. The molecule has 0 aromatic heterocycles. The molecule has 5 heteroatoms. The zero-order chi connectivity index (χ0) is 16.3. The maximum absolute atomic E-state index is 13.4. The van der Waals surface area contributed by atoms with Crippen LogP contribution in [0.25, 0.3) is 6.08 Å². The van der Waals surface area contributed by atoms with Gasteiger partial charge in [0, 0.05) is 5.02 Å². The van der Waals surface area contributed by atoms with E-state index in [0.717, 1.165) is 5.56 Å². The van der Waals surface area contributed by atoms with E-state index in [1.165, 1.54) is 6.26 Å². The van der Waals surface area contributed by atoms with Crippen LogP contribution in [0.5, 0.6) is 5.75 Å². The van der Waals surface area contributed by atoms with E-state index in [1.54, 1.807) is 18.2 Å². The molecule has 3 nitrogen and oxygen atoms in total. The summed E-state index contributed by atoms with van der Waals surface area (Å²) in [5.41, 5.74) is 0.956. The highest BCUT2D eigenvalue weighted by Gasteiger charge is 2.35. The maximum Gasteiger partial charge on any atom is 0.268 e. The van der Waals surface area contributed by atoms with E-state index in [1.807, 2.05) is 49.4 Å². The number of ether oxygens (including phenoxy) is 1. The van der Waals surface area contributed by atoms with Crippen LogP contribution >= 0.6 is 19.0 Å². The SMILES string of the molecule is CCOP1(=O)C(/C=C/c2ccc(Cl)cc2)=COc2ccccc21. The Balaban J connectivity index is 1.96. The molecule has 2 aromatic carbocycles. The lowest BCUT2D eigenvalue weighted by atomic mass is 10.2. The van der Waals surface area contributed by atoms with Crippen molar-refractivity contribution in [3.05, 3.63) is 76.8 Å². The number of benzene rings is 2. The molecule has 0 radical (unpaired) electrons. The molecule has 3 rings (SSSR count). The monoisotopic (exact) mass is 346 g/mol. The minimum absolute atomic E-state index is 0.359. The summed E-state index contributed by atoms with van der Waals surface area (Å²) < 4.78 is 24.7. The van der Waals surface area contributed by atoms with Gasteiger partial charge in [0.15, 0.2) is 0 Å². The Morgan fingerprint density at radius 2 is 1.87 bits per heavy atom. The van der Waals surface area contributed by atoms with Crippen molar-refractivity contribution in [1.82, 2.24) is 0 Å². The maximum atomic E-state index is 13.4. The average Bonchev–Trinajstić information content (AvgIpc) is 2.56. The first-order chi connectivity index (χ1) is 11.1. The Bertz CT molecular complexity index is 809. The zero-order valence-corrected chi connectivity index (χ0v) is 14.3. The van der Waals surface area contributed by atoms with E-state index in [2.05, 4.69) is 0 Å². The summed E-state index contributed by atoms with van der Waals surface area (Å²) in [6.07, 6.45) is 5.14. The topological polar surface area (TPSA) is 35.5 Å². The van der Waals surface area contributed by atoms with Crippen molar-refractivity contribution in [3.8, 4) is 5.75 Å². The van der Waals surface area contributed by atoms with Crippen LogP contribution < -0.4 is 10.0 Å². The number of halogens is 1. The Hall–Kier alpha value is -1.80. The minimum Gasteiger partial charge on any atom is -0.463 e. The number of rotatable bonds is 4. The number of allylic oxidation sites excluding steroid dienone is 2. The fourth-order valence-electron chi connectivity index (χ4n) is 2.35. The van der Waals surface area contributed by atoms with Crippen molar-refractivity contribution in [2.24, 2.45) is 0 Å². The highest BCUT2D eigenvalue weighted by Crippen LogP contribution is 2.58. The lowest BCUT2D eigenvalue weighted by Crippen LogP contribution is -2.16. The van der Waals surface area contributed by atoms with Gasteiger partial charge in [-0.2, -0.15) is 0 Å². The third kappa shape index (κ3) is 3.28. The van der Waals surface area contributed by atoms with E-state index in [-0.39, 0.29) is 0 Å². The smallest absolute Gasteiger partial charge is 0.268 e. The van der Waals surface area contributed by atoms with Gasteiger partial charge in [-0.25, -0.2) is 0 Å². The second kappa shape index (κ2) is 6.76. The third-order valence-electron chi connectivity index (χ3n) is 3.46. The van der Waals surface area contributed by atoms with Gasteiger partial charge in [-0.05, 0) is 42.8 Å². The van der Waals surface area contributed by atoms with Crippen molar-refractivity contribution in [2.75, 3.05) is 6.61 Å².